The van der Waals surface area contributed by atoms with Gasteiger partial charge in [0.15, 0.2) is 5.82 Å². The SMILES string of the molecule is CC(N)C1CCN(C(=O)/C=C\n2cnc(-c3cc(C(F)(F)F)cc(C(F)(F)F)c3)n2)C1. The highest BCUT2D eigenvalue weighted by Gasteiger charge is 2.37. The van der Waals surface area contributed by atoms with E-state index in [1.165, 1.54) is 12.3 Å². The minimum Gasteiger partial charge on any atom is -0.339 e. The Morgan fingerprint density at radius 3 is 2.29 bits per heavy atom. The zero-order valence-electron chi connectivity index (χ0n) is 16.3. The summed E-state index contributed by atoms with van der Waals surface area (Å²) < 4.78 is 79.1. The minimum atomic E-state index is -4.97. The van der Waals surface area contributed by atoms with Gasteiger partial charge in [-0.2, -0.15) is 26.3 Å². The molecule has 1 amide bonds. The molecule has 1 saturated heterocycles. The molecule has 2 aromatic rings. The Morgan fingerprint density at radius 2 is 1.77 bits per heavy atom. The van der Waals surface area contributed by atoms with Crippen LogP contribution in [0.25, 0.3) is 17.6 Å². The number of nitrogens with zero attached hydrogens (tertiary/aromatic N) is 4. The molecule has 0 saturated carbocycles. The number of likely N-dealkylation sites (tertiary alicyclic amines) is 1. The molecule has 0 spiro atoms. The van der Waals surface area contributed by atoms with Gasteiger partial charge in [-0.05, 0) is 37.5 Å². The number of halogens is 6. The molecule has 1 aliphatic heterocycles. The summed E-state index contributed by atoms with van der Waals surface area (Å²) in [5, 5.41) is 3.86. The molecule has 1 aromatic heterocycles. The van der Waals surface area contributed by atoms with E-state index >= 15 is 0 Å². The van der Waals surface area contributed by atoms with Crippen molar-refractivity contribution in [2.24, 2.45) is 11.7 Å². The van der Waals surface area contributed by atoms with Crippen molar-refractivity contribution in [3.8, 4) is 11.4 Å². The summed E-state index contributed by atoms with van der Waals surface area (Å²) in [6.45, 7) is 2.92. The van der Waals surface area contributed by atoms with E-state index in [9.17, 15) is 31.1 Å². The van der Waals surface area contributed by atoms with Gasteiger partial charge in [0.2, 0.25) is 5.91 Å². The Kier molecular flexibility index (Phi) is 6.12. The highest BCUT2D eigenvalue weighted by molar-refractivity contribution is 5.90. The van der Waals surface area contributed by atoms with Crippen molar-refractivity contribution in [3.63, 3.8) is 0 Å². The highest BCUT2D eigenvalue weighted by atomic mass is 19.4. The number of alkyl halides is 6. The van der Waals surface area contributed by atoms with Crippen LogP contribution in [0.1, 0.15) is 24.5 Å². The van der Waals surface area contributed by atoms with Gasteiger partial charge in [-0.3, -0.25) is 4.79 Å². The maximum Gasteiger partial charge on any atom is 0.416 e. The summed E-state index contributed by atoms with van der Waals surface area (Å²) in [7, 11) is 0. The number of aromatic nitrogens is 3. The molecule has 2 heterocycles. The Hall–Kier alpha value is -2.89. The molecule has 1 fully saturated rings. The van der Waals surface area contributed by atoms with Crippen LogP contribution in [0.15, 0.2) is 30.6 Å². The number of hydrogen-bond acceptors (Lipinski definition) is 4. The Labute approximate surface area is 173 Å². The maximum absolute atomic E-state index is 13.0. The molecule has 2 N–H and O–H groups in total. The van der Waals surface area contributed by atoms with Gasteiger partial charge in [-0.15, -0.1) is 5.10 Å². The van der Waals surface area contributed by atoms with Gasteiger partial charge < -0.3 is 10.6 Å². The van der Waals surface area contributed by atoms with Crippen LogP contribution in [0.4, 0.5) is 26.3 Å². The Balaban J connectivity index is 1.80. The summed E-state index contributed by atoms with van der Waals surface area (Å²) in [6.07, 6.45) is -5.65. The molecule has 0 radical (unpaired) electrons. The first-order valence-electron chi connectivity index (χ1n) is 9.28. The normalized spacial score (nSPS) is 18.7. The third-order valence-electron chi connectivity index (χ3n) is 5.00. The summed E-state index contributed by atoms with van der Waals surface area (Å²) >= 11 is 0. The molecule has 31 heavy (non-hydrogen) atoms. The molecule has 2 atom stereocenters. The maximum atomic E-state index is 13.0. The van der Waals surface area contributed by atoms with Crippen molar-refractivity contribution >= 4 is 12.1 Å². The van der Waals surface area contributed by atoms with E-state index in [4.69, 9.17) is 5.73 Å². The number of nitrogens with two attached hydrogens (primary N) is 1. The predicted molar refractivity (Wildman–Crippen MR) is 99.1 cm³/mol. The average Bonchev–Trinajstić information content (AvgIpc) is 3.34. The van der Waals surface area contributed by atoms with Gasteiger partial charge in [-0.1, -0.05) is 0 Å². The highest BCUT2D eigenvalue weighted by Crippen LogP contribution is 2.38. The van der Waals surface area contributed by atoms with Gasteiger partial charge in [0, 0.05) is 37.0 Å². The van der Waals surface area contributed by atoms with Crippen LogP contribution in [-0.2, 0) is 17.1 Å². The second kappa shape index (κ2) is 8.33. The van der Waals surface area contributed by atoms with Crippen LogP contribution < -0.4 is 5.73 Å². The number of benzene rings is 1. The van der Waals surface area contributed by atoms with Crippen LogP contribution >= 0.6 is 0 Å². The number of rotatable bonds is 4. The molecule has 1 aromatic carbocycles. The molecule has 12 heteroatoms. The number of carbonyl (C=O) groups excluding carboxylic acids is 1. The van der Waals surface area contributed by atoms with Crippen LogP contribution in [0.5, 0.6) is 0 Å². The van der Waals surface area contributed by atoms with Crippen LogP contribution in [0.3, 0.4) is 0 Å². The molecule has 3 rings (SSSR count). The topological polar surface area (TPSA) is 77.0 Å². The molecule has 168 valence electrons. The van der Waals surface area contributed by atoms with Gasteiger partial charge in [-0.25, -0.2) is 9.67 Å². The zero-order valence-corrected chi connectivity index (χ0v) is 16.3. The van der Waals surface area contributed by atoms with E-state index < -0.39 is 29.0 Å². The first kappa shape index (κ1) is 22.8. The lowest BCUT2D eigenvalue weighted by Gasteiger charge is -2.16. The summed E-state index contributed by atoms with van der Waals surface area (Å²) in [5.74, 6) is -0.454. The minimum absolute atomic E-state index is 0.0323. The number of carbonyl (C=O) groups is 1. The van der Waals surface area contributed by atoms with Gasteiger partial charge in [0.1, 0.15) is 6.33 Å². The summed E-state index contributed by atoms with van der Waals surface area (Å²) in [4.78, 5) is 17.6. The van der Waals surface area contributed by atoms with E-state index in [-0.39, 0.29) is 29.8 Å². The van der Waals surface area contributed by atoms with E-state index in [0.29, 0.717) is 25.2 Å². The van der Waals surface area contributed by atoms with Crippen LogP contribution in [-0.4, -0.2) is 44.7 Å². The second-order valence-electron chi connectivity index (χ2n) is 7.35. The third-order valence-corrected chi connectivity index (χ3v) is 5.00. The molecule has 2 unspecified atom stereocenters. The Morgan fingerprint density at radius 1 is 1.16 bits per heavy atom. The van der Waals surface area contributed by atoms with Crippen LogP contribution in [0.2, 0.25) is 0 Å². The summed E-state index contributed by atoms with van der Waals surface area (Å²) in [5.41, 5.74) is 2.47. The third kappa shape index (κ3) is 5.43. The first-order chi connectivity index (χ1) is 14.3. The lowest BCUT2D eigenvalue weighted by Crippen LogP contribution is -2.32. The van der Waals surface area contributed by atoms with Crippen LogP contribution in [0, 0.1) is 5.92 Å². The zero-order chi connectivity index (χ0) is 23.0. The fraction of sp³-hybridized carbons (Fsp3) is 0.421. The summed E-state index contributed by atoms with van der Waals surface area (Å²) in [6, 6.07) is 1.07. The lowest BCUT2D eigenvalue weighted by molar-refractivity contribution is -0.143. The van der Waals surface area contributed by atoms with Crippen molar-refractivity contribution in [1.82, 2.24) is 19.7 Å². The Bertz CT molecular complexity index is 947. The smallest absolute Gasteiger partial charge is 0.339 e. The van der Waals surface area contributed by atoms with Crippen molar-refractivity contribution in [2.75, 3.05) is 13.1 Å². The van der Waals surface area contributed by atoms with Crippen molar-refractivity contribution in [2.45, 2.75) is 31.7 Å². The van der Waals surface area contributed by atoms with Gasteiger partial charge in [0.05, 0.1) is 11.1 Å². The van der Waals surface area contributed by atoms with Crippen molar-refractivity contribution in [1.29, 1.82) is 0 Å². The van der Waals surface area contributed by atoms with E-state index in [1.807, 2.05) is 6.92 Å². The van der Waals surface area contributed by atoms with Crippen molar-refractivity contribution < 1.29 is 31.1 Å². The van der Waals surface area contributed by atoms with Gasteiger partial charge in [0.25, 0.3) is 0 Å². The average molecular weight is 447 g/mol. The van der Waals surface area contributed by atoms with Crippen molar-refractivity contribution in [3.05, 3.63) is 41.7 Å². The quantitative estimate of drug-likeness (QED) is 0.574. The molecule has 0 aliphatic carbocycles. The number of hydrogen-bond donors (Lipinski definition) is 1. The lowest BCUT2D eigenvalue weighted by atomic mass is 10.0. The van der Waals surface area contributed by atoms with E-state index in [2.05, 4.69) is 10.1 Å². The second-order valence-corrected chi connectivity index (χ2v) is 7.35. The molecule has 6 nitrogen and oxygen atoms in total. The van der Waals surface area contributed by atoms with E-state index in [0.717, 1.165) is 17.4 Å². The monoisotopic (exact) mass is 447 g/mol. The van der Waals surface area contributed by atoms with Gasteiger partial charge >= 0.3 is 12.4 Å². The van der Waals surface area contributed by atoms with E-state index in [1.54, 1.807) is 4.90 Å². The molecule has 1 aliphatic rings. The predicted octanol–water partition coefficient (Wildman–Crippen LogP) is 3.65. The fourth-order valence-corrected chi connectivity index (χ4v) is 3.23. The largest absolute Gasteiger partial charge is 0.416 e. The first-order valence-corrected chi connectivity index (χ1v) is 9.28. The number of amides is 1. The molecular weight excluding hydrogens is 428 g/mol. The fourth-order valence-electron chi connectivity index (χ4n) is 3.23. The molecule has 0 bridgehead atoms. The molecular formula is C19H19F6N5O. The standard InChI is InChI=1S/C19H19F6N5O/c1-11(26)12-2-4-29(9-12)16(31)3-5-30-10-27-17(28-30)13-6-14(18(20,21)22)8-15(7-13)19(23,24)25/h3,5-8,10-12H,2,4,9,26H2,1H3/b5-3-.